The molecule has 0 saturated carbocycles. The van der Waals surface area contributed by atoms with Crippen LogP contribution in [0.2, 0.25) is 0 Å². The molecule has 0 spiro atoms. The molecule has 0 bridgehead atoms. The first-order valence-corrected chi connectivity index (χ1v) is 7.64. The Morgan fingerprint density at radius 3 is 2.62 bits per heavy atom. The van der Waals surface area contributed by atoms with E-state index in [0.717, 1.165) is 29.1 Å². The zero-order valence-electron chi connectivity index (χ0n) is 11.8. The molecule has 1 aliphatic carbocycles. The van der Waals surface area contributed by atoms with Gasteiger partial charge in [0.15, 0.2) is 5.17 Å². The van der Waals surface area contributed by atoms with Gasteiger partial charge in [0, 0.05) is 23.8 Å². The molecule has 0 aromatic heterocycles. The van der Waals surface area contributed by atoms with Crippen LogP contribution in [0.4, 0.5) is 0 Å². The maximum Gasteiger partial charge on any atom is 0.222 e. The molecule has 3 aliphatic rings. The Labute approximate surface area is 127 Å². The van der Waals surface area contributed by atoms with Crippen molar-refractivity contribution in [1.82, 2.24) is 15.2 Å². The Morgan fingerprint density at radius 1 is 1.29 bits per heavy atom. The van der Waals surface area contributed by atoms with E-state index in [1.54, 1.807) is 23.9 Å². The van der Waals surface area contributed by atoms with Crippen LogP contribution in [0.1, 0.15) is 13.8 Å². The molecule has 2 heterocycles. The first-order chi connectivity index (χ1) is 10.1. The minimum absolute atomic E-state index is 0.0929. The first kappa shape index (κ1) is 14.0. The number of thioether (sulfide) groups is 1. The first-order valence-electron chi connectivity index (χ1n) is 6.66. The standard InChI is InChI=1S/C13H16N5O2S/c1-9(2)16-7-17-12(14-15-13(17)21-8-16)10-3-5-11(6-4-10)18(19)20/h3-6,9,14H,7-8H2,1-2H3/q-1. The van der Waals surface area contributed by atoms with Crippen molar-refractivity contribution in [2.45, 2.75) is 19.9 Å². The summed E-state index contributed by atoms with van der Waals surface area (Å²) in [5, 5.41) is 26.7. The van der Waals surface area contributed by atoms with Crippen LogP contribution in [0, 0.1) is 10.4 Å². The van der Waals surface area contributed by atoms with Gasteiger partial charge in [-0.2, -0.15) is 4.90 Å². The topological polar surface area (TPSA) is 80.0 Å². The summed E-state index contributed by atoms with van der Waals surface area (Å²) in [5.74, 6) is 1.79. The molecule has 0 atom stereocenters. The average molecular weight is 306 g/mol. The minimum Gasteiger partial charge on any atom is -0.612 e. The Kier molecular flexibility index (Phi) is 3.64. The van der Waals surface area contributed by atoms with Crippen molar-refractivity contribution in [2.75, 3.05) is 12.5 Å². The molecule has 112 valence electrons. The van der Waals surface area contributed by atoms with Gasteiger partial charge < -0.3 is 10.4 Å². The van der Waals surface area contributed by atoms with Crippen LogP contribution >= 0.6 is 11.8 Å². The lowest BCUT2D eigenvalue weighted by Gasteiger charge is -2.36. The predicted molar refractivity (Wildman–Crippen MR) is 84.0 cm³/mol. The zero-order chi connectivity index (χ0) is 15.0. The molecule has 8 heteroatoms. The van der Waals surface area contributed by atoms with E-state index in [9.17, 15) is 10.4 Å². The van der Waals surface area contributed by atoms with Gasteiger partial charge in [0.2, 0.25) is 5.71 Å². The van der Waals surface area contributed by atoms with E-state index in [4.69, 9.17) is 0 Å². The fourth-order valence-electron chi connectivity index (χ4n) is 2.20. The van der Waals surface area contributed by atoms with Crippen molar-refractivity contribution >= 4 is 22.6 Å². The molecule has 0 radical (unpaired) electrons. The SMILES string of the molecule is CC(C)N1CSC2=NNC(=C3C=CC(=[N+]([O-])[O-])C=C3)N2C1. The van der Waals surface area contributed by atoms with Crippen molar-refractivity contribution in [2.24, 2.45) is 5.10 Å². The van der Waals surface area contributed by atoms with Crippen LogP contribution in [0.5, 0.6) is 0 Å². The third-order valence-electron chi connectivity index (χ3n) is 3.52. The predicted octanol–water partition coefficient (Wildman–Crippen LogP) is 1.32. The molecule has 1 saturated heterocycles. The summed E-state index contributed by atoms with van der Waals surface area (Å²) in [6.07, 6.45) is 6.52. The highest BCUT2D eigenvalue weighted by Gasteiger charge is 2.32. The third kappa shape index (κ3) is 2.64. The highest BCUT2D eigenvalue weighted by Crippen LogP contribution is 2.28. The third-order valence-corrected chi connectivity index (χ3v) is 4.55. The van der Waals surface area contributed by atoms with Crippen LogP contribution in [-0.4, -0.2) is 44.2 Å². The molecule has 7 nitrogen and oxygen atoms in total. The lowest BCUT2D eigenvalue weighted by molar-refractivity contribution is -0.377. The van der Waals surface area contributed by atoms with Crippen LogP contribution in [0.3, 0.4) is 0 Å². The maximum absolute atomic E-state index is 10.7. The maximum atomic E-state index is 10.7. The molecule has 2 aliphatic heterocycles. The quantitative estimate of drug-likeness (QED) is 0.581. The van der Waals surface area contributed by atoms with Gasteiger partial charge >= 0.3 is 0 Å². The Morgan fingerprint density at radius 2 is 2.00 bits per heavy atom. The fourth-order valence-corrected chi connectivity index (χ4v) is 3.27. The number of allylic oxidation sites excluding steroid dienone is 5. The number of hydrogen-bond donors (Lipinski definition) is 1. The summed E-state index contributed by atoms with van der Waals surface area (Å²) in [5.41, 5.74) is 4.02. The van der Waals surface area contributed by atoms with Gasteiger partial charge in [0.25, 0.3) is 0 Å². The largest absolute Gasteiger partial charge is 0.612 e. The van der Waals surface area contributed by atoms with E-state index in [2.05, 4.69) is 34.2 Å². The van der Waals surface area contributed by atoms with Gasteiger partial charge in [-0.05, 0) is 26.0 Å². The minimum atomic E-state index is -0.393. The molecule has 21 heavy (non-hydrogen) atoms. The number of rotatable bonds is 1. The van der Waals surface area contributed by atoms with E-state index in [1.165, 1.54) is 12.2 Å². The Hall–Kier alpha value is -1.93. The van der Waals surface area contributed by atoms with E-state index >= 15 is 0 Å². The van der Waals surface area contributed by atoms with Crippen molar-refractivity contribution in [3.63, 3.8) is 0 Å². The molecular formula is C13H16N5O2S-. The van der Waals surface area contributed by atoms with Crippen molar-refractivity contribution in [1.29, 1.82) is 0 Å². The van der Waals surface area contributed by atoms with Crippen molar-refractivity contribution in [3.05, 3.63) is 46.1 Å². The number of nitrogens with one attached hydrogen (secondary N) is 1. The molecule has 0 aromatic rings. The van der Waals surface area contributed by atoms with Gasteiger partial charge in [0.1, 0.15) is 5.82 Å². The smallest absolute Gasteiger partial charge is 0.222 e. The van der Waals surface area contributed by atoms with E-state index < -0.39 is 4.90 Å². The Bertz CT molecular complexity index is 584. The van der Waals surface area contributed by atoms with Crippen molar-refractivity contribution in [3.8, 4) is 0 Å². The van der Waals surface area contributed by atoms with Crippen LogP contribution in [0.25, 0.3) is 0 Å². The molecule has 1 N–H and O–H groups in total. The number of amidine groups is 1. The molecule has 0 aromatic carbocycles. The average Bonchev–Trinajstić information content (AvgIpc) is 2.90. The van der Waals surface area contributed by atoms with Gasteiger partial charge in [-0.15, -0.1) is 5.10 Å². The van der Waals surface area contributed by atoms with E-state index in [1.807, 2.05) is 0 Å². The number of nitrogens with zero attached hydrogens (tertiary/aromatic N) is 4. The monoisotopic (exact) mass is 306 g/mol. The summed E-state index contributed by atoms with van der Waals surface area (Å²) in [6.45, 7) is 5.10. The summed E-state index contributed by atoms with van der Waals surface area (Å²) < 4.78 is 0. The normalized spacial score (nSPS) is 21.8. The van der Waals surface area contributed by atoms with Gasteiger partial charge in [-0.3, -0.25) is 15.2 Å². The lowest BCUT2D eigenvalue weighted by Crippen LogP contribution is -2.46. The number of fused-ring (bicyclic) bond motifs is 1. The second-order valence-corrected chi connectivity index (χ2v) is 6.10. The fraction of sp³-hybridized carbons (Fsp3) is 0.385. The highest BCUT2D eigenvalue weighted by molar-refractivity contribution is 8.13. The van der Waals surface area contributed by atoms with Crippen LogP contribution in [0.15, 0.2) is 40.8 Å². The number of hydrazone groups is 1. The lowest BCUT2D eigenvalue weighted by atomic mass is 10.1. The molecule has 1 fully saturated rings. The number of hydrogen-bond acceptors (Lipinski definition) is 7. The molecular weight excluding hydrogens is 290 g/mol. The summed E-state index contributed by atoms with van der Waals surface area (Å²) in [4.78, 5) is 4.05. The van der Waals surface area contributed by atoms with Gasteiger partial charge in [-0.1, -0.05) is 11.8 Å². The second kappa shape index (κ2) is 5.45. The summed E-state index contributed by atoms with van der Waals surface area (Å²) in [6, 6.07) is 0.456. The highest BCUT2D eigenvalue weighted by atomic mass is 32.2. The zero-order valence-corrected chi connectivity index (χ0v) is 12.6. The summed E-state index contributed by atoms with van der Waals surface area (Å²) >= 11 is 1.69. The van der Waals surface area contributed by atoms with E-state index in [-0.39, 0.29) is 5.71 Å². The van der Waals surface area contributed by atoms with Gasteiger partial charge in [0.05, 0.1) is 12.5 Å². The van der Waals surface area contributed by atoms with E-state index in [0.29, 0.717) is 6.04 Å². The summed E-state index contributed by atoms with van der Waals surface area (Å²) in [7, 11) is 0. The Balaban J connectivity index is 1.85. The molecule has 0 amide bonds. The van der Waals surface area contributed by atoms with Crippen LogP contribution < -0.4 is 5.43 Å². The van der Waals surface area contributed by atoms with Crippen LogP contribution in [-0.2, 0) is 0 Å². The second-order valence-electron chi connectivity index (χ2n) is 5.18. The van der Waals surface area contributed by atoms with Crippen molar-refractivity contribution < 1.29 is 4.90 Å². The van der Waals surface area contributed by atoms with Gasteiger partial charge in [-0.25, -0.2) is 0 Å². The molecule has 0 unspecified atom stereocenters. The molecule has 3 rings (SSSR count).